The molecule has 3 heterocycles. The first-order chi connectivity index (χ1) is 14.0. The normalized spacial score (nSPS) is 31.1. The number of hydrogen-bond acceptors (Lipinski definition) is 5. The highest BCUT2D eigenvalue weighted by Crippen LogP contribution is 2.42. The summed E-state index contributed by atoms with van der Waals surface area (Å²) in [6.07, 6.45) is 11.3. The van der Waals surface area contributed by atoms with E-state index in [1.807, 2.05) is 13.0 Å². The number of ether oxygens (including phenoxy) is 4. The molecule has 0 saturated carbocycles. The Kier molecular flexibility index (Phi) is 6.16. The minimum absolute atomic E-state index is 0.145. The van der Waals surface area contributed by atoms with Crippen LogP contribution in [0.3, 0.4) is 0 Å². The van der Waals surface area contributed by atoms with Gasteiger partial charge < -0.3 is 18.9 Å². The van der Waals surface area contributed by atoms with E-state index >= 15 is 0 Å². The molecule has 4 atom stereocenters. The van der Waals surface area contributed by atoms with Crippen LogP contribution in [0, 0.1) is 6.92 Å². The molecule has 0 bridgehead atoms. The van der Waals surface area contributed by atoms with Crippen LogP contribution in [0.15, 0.2) is 12.1 Å². The molecule has 5 heteroatoms. The highest BCUT2D eigenvalue weighted by molar-refractivity contribution is 5.97. The molecule has 0 radical (unpaired) electrons. The molecule has 3 aliphatic heterocycles. The number of rotatable bonds is 7. The number of cyclic esters (lactones) is 1. The lowest BCUT2D eigenvalue weighted by atomic mass is 9.95. The van der Waals surface area contributed by atoms with E-state index in [1.54, 1.807) is 7.11 Å². The Morgan fingerprint density at radius 2 is 1.93 bits per heavy atom. The molecule has 0 aliphatic carbocycles. The first kappa shape index (κ1) is 20.7. The lowest BCUT2D eigenvalue weighted by Crippen LogP contribution is -2.40. The maximum atomic E-state index is 12.3. The van der Waals surface area contributed by atoms with Gasteiger partial charge in [0.1, 0.15) is 17.4 Å². The van der Waals surface area contributed by atoms with Gasteiger partial charge in [-0.3, -0.25) is 0 Å². The third-order valence-electron chi connectivity index (χ3n) is 6.60. The van der Waals surface area contributed by atoms with Crippen LogP contribution in [0.25, 0.3) is 0 Å². The molecule has 29 heavy (non-hydrogen) atoms. The van der Waals surface area contributed by atoms with Crippen LogP contribution in [0.2, 0.25) is 0 Å². The number of hydrogen-bond donors (Lipinski definition) is 0. The van der Waals surface area contributed by atoms with Crippen molar-refractivity contribution in [2.75, 3.05) is 7.11 Å². The first-order valence-electron chi connectivity index (χ1n) is 11.2. The van der Waals surface area contributed by atoms with Gasteiger partial charge in [-0.05, 0) is 64.0 Å². The zero-order valence-corrected chi connectivity index (χ0v) is 18.0. The van der Waals surface area contributed by atoms with E-state index in [-0.39, 0.29) is 17.9 Å². The van der Waals surface area contributed by atoms with E-state index in [4.69, 9.17) is 18.9 Å². The summed E-state index contributed by atoms with van der Waals surface area (Å²) in [6, 6.07) is 3.96. The van der Waals surface area contributed by atoms with Crippen molar-refractivity contribution in [1.29, 1.82) is 0 Å². The molecule has 3 aliphatic rings. The molecule has 2 saturated heterocycles. The van der Waals surface area contributed by atoms with Gasteiger partial charge in [0, 0.05) is 18.4 Å². The van der Waals surface area contributed by atoms with E-state index in [0.29, 0.717) is 23.5 Å². The van der Waals surface area contributed by atoms with Crippen molar-refractivity contribution < 1.29 is 23.7 Å². The minimum Gasteiger partial charge on any atom is -0.496 e. The Hall–Kier alpha value is -1.59. The molecule has 0 aromatic heterocycles. The summed E-state index contributed by atoms with van der Waals surface area (Å²) in [5.41, 5.74) is 2.68. The van der Waals surface area contributed by atoms with E-state index < -0.39 is 0 Å². The van der Waals surface area contributed by atoms with Crippen molar-refractivity contribution in [1.82, 2.24) is 0 Å². The highest BCUT2D eigenvalue weighted by Gasteiger charge is 2.43. The summed E-state index contributed by atoms with van der Waals surface area (Å²) in [5.74, 6) is 0.0777. The number of benzene rings is 1. The summed E-state index contributed by atoms with van der Waals surface area (Å²) in [7, 11) is 1.60. The fourth-order valence-electron chi connectivity index (χ4n) is 5.16. The highest BCUT2D eigenvalue weighted by atomic mass is 16.7. The molecular weight excluding hydrogens is 368 g/mol. The molecule has 1 aromatic carbocycles. The predicted octanol–water partition coefficient (Wildman–Crippen LogP) is 5.63. The van der Waals surface area contributed by atoms with E-state index in [2.05, 4.69) is 13.0 Å². The SMILES string of the molecule is COc1cc(C)cc2c1C(=O)O[C@@H]2CCCCCC1CCCC2(CC[C@@H](C)O2)O1. The zero-order valence-electron chi connectivity index (χ0n) is 18.0. The molecule has 0 N–H and O–H groups in total. The first-order valence-corrected chi connectivity index (χ1v) is 11.2. The van der Waals surface area contributed by atoms with Crippen LogP contribution < -0.4 is 4.74 Å². The van der Waals surface area contributed by atoms with E-state index in [1.165, 1.54) is 6.42 Å². The summed E-state index contributed by atoms with van der Waals surface area (Å²) >= 11 is 0. The predicted molar refractivity (Wildman–Crippen MR) is 110 cm³/mol. The van der Waals surface area contributed by atoms with Crippen molar-refractivity contribution >= 4 is 5.97 Å². The molecular formula is C24H34O5. The maximum Gasteiger partial charge on any atom is 0.342 e. The topological polar surface area (TPSA) is 54.0 Å². The van der Waals surface area contributed by atoms with Gasteiger partial charge in [-0.1, -0.05) is 18.9 Å². The second-order valence-corrected chi connectivity index (χ2v) is 8.97. The van der Waals surface area contributed by atoms with Crippen LogP contribution in [-0.2, 0) is 14.2 Å². The molecule has 4 rings (SSSR count). The Morgan fingerprint density at radius 3 is 2.69 bits per heavy atom. The molecule has 1 spiro atoms. The third-order valence-corrected chi connectivity index (χ3v) is 6.60. The fraction of sp³-hybridized carbons (Fsp3) is 0.708. The Balaban J connectivity index is 1.23. The molecule has 2 fully saturated rings. The lowest BCUT2D eigenvalue weighted by molar-refractivity contribution is -0.269. The van der Waals surface area contributed by atoms with Crippen molar-refractivity contribution in [3.63, 3.8) is 0 Å². The smallest absolute Gasteiger partial charge is 0.342 e. The fourth-order valence-corrected chi connectivity index (χ4v) is 5.16. The number of aryl methyl sites for hydroxylation is 1. The number of fused-ring (bicyclic) bond motifs is 1. The van der Waals surface area contributed by atoms with E-state index in [0.717, 1.165) is 68.9 Å². The van der Waals surface area contributed by atoms with Crippen LogP contribution in [0.5, 0.6) is 5.75 Å². The van der Waals surface area contributed by atoms with E-state index in [9.17, 15) is 4.79 Å². The number of unbranched alkanes of at least 4 members (excludes halogenated alkanes) is 2. The van der Waals surface area contributed by atoms with Crippen LogP contribution in [-0.4, -0.2) is 31.1 Å². The van der Waals surface area contributed by atoms with Gasteiger partial charge >= 0.3 is 5.97 Å². The Bertz CT molecular complexity index is 741. The Morgan fingerprint density at radius 1 is 1.10 bits per heavy atom. The largest absolute Gasteiger partial charge is 0.496 e. The second kappa shape index (κ2) is 8.65. The average Bonchev–Trinajstić information content (AvgIpc) is 3.20. The van der Waals surface area contributed by atoms with Crippen molar-refractivity contribution in [2.24, 2.45) is 0 Å². The number of methoxy groups -OCH3 is 1. The van der Waals surface area contributed by atoms with Crippen molar-refractivity contribution in [3.05, 3.63) is 28.8 Å². The van der Waals surface area contributed by atoms with Gasteiger partial charge in [-0.25, -0.2) is 4.79 Å². The summed E-state index contributed by atoms with van der Waals surface area (Å²) in [5, 5.41) is 0. The number of carbonyl (C=O) groups excluding carboxylic acids is 1. The summed E-state index contributed by atoms with van der Waals surface area (Å²) in [4.78, 5) is 12.3. The molecule has 2 unspecified atom stereocenters. The minimum atomic E-state index is -0.291. The summed E-state index contributed by atoms with van der Waals surface area (Å²) < 4.78 is 23.5. The lowest BCUT2D eigenvalue weighted by Gasteiger charge is -2.38. The average molecular weight is 403 g/mol. The van der Waals surface area contributed by atoms with Gasteiger partial charge in [-0.15, -0.1) is 0 Å². The molecule has 0 amide bonds. The van der Waals surface area contributed by atoms with Gasteiger partial charge in [0.15, 0.2) is 5.79 Å². The summed E-state index contributed by atoms with van der Waals surface area (Å²) in [6.45, 7) is 4.17. The van der Waals surface area contributed by atoms with Crippen molar-refractivity contribution in [3.8, 4) is 5.75 Å². The molecule has 1 aromatic rings. The van der Waals surface area contributed by atoms with Gasteiger partial charge in [0.25, 0.3) is 0 Å². The van der Waals surface area contributed by atoms with Gasteiger partial charge in [-0.2, -0.15) is 0 Å². The second-order valence-electron chi connectivity index (χ2n) is 8.97. The maximum absolute atomic E-state index is 12.3. The standard InChI is InChI=1S/C24H34O5/c1-16-14-19-20(27-23(25)22(19)21(15-16)26-3)10-6-4-5-8-18-9-7-12-24(29-18)13-11-17(2)28-24/h14-15,17-18,20H,4-13H2,1-3H3/t17-,18?,20-,24?/m1/s1. The number of esters is 1. The van der Waals surface area contributed by atoms with Crippen LogP contribution in [0.4, 0.5) is 0 Å². The monoisotopic (exact) mass is 402 g/mol. The van der Waals surface area contributed by atoms with Gasteiger partial charge in [0.05, 0.1) is 19.3 Å². The van der Waals surface area contributed by atoms with Gasteiger partial charge in [0.2, 0.25) is 0 Å². The molecule has 5 nitrogen and oxygen atoms in total. The Labute approximate surface area is 174 Å². The van der Waals surface area contributed by atoms with Crippen molar-refractivity contribution in [2.45, 2.75) is 102 Å². The van der Waals surface area contributed by atoms with Crippen LogP contribution in [0.1, 0.15) is 98.7 Å². The zero-order chi connectivity index (χ0) is 20.4. The molecule has 160 valence electrons. The third kappa shape index (κ3) is 4.46. The van der Waals surface area contributed by atoms with Crippen LogP contribution >= 0.6 is 0 Å². The number of carbonyl (C=O) groups is 1. The quantitative estimate of drug-likeness (QED) is 0.437.